The maximum atomic E-state index is 11.4. The highest BCUT2D eigenvalue weighted by Gasteiger charge is 2.11. The van der Waals surface area contributed by atoms with Gasteiger partial charge in [-0.25, -0.2) is 14.3 Å². The topological polar surface area (TPSA) is 94.3 Å². The molecule has 1 aromatic heterocycles. The third-order valence-corrected chi connectivity index (χ3v) is 2.57. The molecule has 0 aliphatic heterocycles. The lowest BCUT2D eigenvalue weighted by Gasteiger charge is -2.01. The van der Waals surface area contributed by atoms with Crippen LogP contribution in [0.2, 0.25) is 0 Å². The maximum absolute atomic E-state index is 11.4. The first-order chi connectivity index (χ1) is 9.60. The SMILES string of the molecule is CCOC(=O)c1cn(Cc2ccc(C(=O)O)cc2)nn1. The Morgan fingerprint density at radius 3 is 2.60 bits per heavy atom. The van der Waals surface area contributed by atoms with Crippen LogP contribution < -0.4 is 0 Å². The summed E-state index contributed by atoms with van der Waals surface area (Å²) in [5, 5.41) is 16.3. The summed E-state index contributed by atoms with van der Waals surface area (Å²) >= 11 is 0. The van der Waals surface area contributed by atoms with Crippen molar-refractivity contribution in [1.82, 2.24) is 15.0 Å². The standard InChI is InChI=1S/C13H13N3O4/c1-2-20-13(19)11-8-16(15-14-11)7-9-3-5-10(6-4-9)12(17)18/h3-6,8H,2,7H2,1H3,(H,17,18). The summed E-state index contributed by atoms with van der Waals surface area (Å²) in [6.45, 7) is 2.39. The van der Waals surface area contributed by atoms with Crippen molar-refractivity contribution in [3.63, 3.8) is 0 Å². The average Bonchev–Trinajstić information content (AvgIpc) is 2.88. The molecule has 0 unspecified atom stereocenters. The smallest absolute Gasteiger partial charge is 0.360 e. The predicted molar refractivity (Wildman–Crippen MR) is 68.5 cm³/mol. The van der Waals surface area contributed by atoms with Gasteiger partial charge in [-0.3, -0.25) is 0 Å². The number of nitrogens with zero attached hydrogens (tertiary/aromatic N) is 3. The second-order valence-electron chi connectivity index (χ2n) is 4.02. The number of hydrogen-bond acceptors (Lipinski definition) is 5. The van der Waals surface area contributed by atoms with Gasteiger partial charge < -0.3 is 9.84 Å². The zero-order chi connectivity index (χ0) is 14.5. The van der Waals surface area contributed by atoms with E-state index in [1.165, 1.54) is 23.0 Å². The number of aromatic carboxylic acids is 1. The molecule has 0 aliphatic rings. The zero-order valence-electron chi connectivity index (χ0n) is 10.8. The summed E-state index contributed by atoms with van der Waals surface area (Å²) < 4.78 is 6.30. The number of carbonyl (C=O) groups is 2. The predicted octanol–water partition coefficient (Wildman–Crippen LogP) is 1.20. The van der Waals surface area contributed by atoms with E-state index in [9.17, 15) is 9.59 Å². The molecular formula is C13H13N3O4. The minimum Gasteiger partial charge on any atom is -0.478 e. The second-order valence-corrected chi connectivity index (χ2v) is 4.02. The largest absolute Gasteiger partial charge is 0.478 e. The van der Waals surface area contributed by atoms with E-state index in [2.05, 4.69) is 10.3 Å². The van der Waals surface area contributed by atoms with E-state index >= 15 is 0 Å². The van der Waals surface area contributed by atoms with Gasteiger partial charge >= 0.3 is 11.9 Å². The van der Waals surface area contributed by atoms with Gasteiger partial charge in [0.25, 0.3) is 0 Å². The summed E-state index contributed by atoms with van der Waals surface area (Å²) in [7, 11) is 0. The number of carboxylic acids is 1. The highest BCUT2D eigenvalue weighted by Crippen LogP contribution is 2.07. The van der Waals surface area contributed by atoms with E-state index in [0.717, 1.165) is 5.56 Å². The van der Waals surface area contributed by atoms with Gasteiger partial charge in [-0.05, 0) is 24.6 Å². The fraction of sp³-hybridized carbons (Fsp3) is 0.231. The third kappa shape index (κ3) is 3.19. The molecule has 1 N–H and O–H groups in total. The minimum absolute atomic E-state index is 0.147. The van der Waals surface area contributed by atoms with Crippen LogP contribution in [0.4, 0.5) is 0 Å². The van der Waals surface area contributed by atoms with Crippen LogP contribution in [-0.2, 0) is 11.3 Å². The summed E-state index contributed by atoms with van der Waals surface area (Å²) in [6.07, 6.45) is 1.49. The number of aromatic nitrogens is 3. The molecule has 0 radical (unpaired) electrons. The first kappa shape index (κ1) is 13.7. The summed E-state index contributed by atoms with van der Waals surface area (Å²) in [5.41, 5.74) is 1.23. The molecule has 20 heavy (non-hydrogen) atoms. The Morgan fingerprint density at radius 2 is 2.00 bits per heavy atom. The Balaban J connectivity index is 2.06. The number of hydrogen-bond donors (Lipinski definition) is 1. The number of esters is 1. The molecule has 104 valence electrons. The number of carbonyl (C=O) groups excluding carboxylic acids is 1. The van der Waals surface area contributed by atoms with E-state index < -0.39 is 11.9 Å². The fourth-order valence-corrected chi connectivity index (χ4v) is 1.61. The van der Waals surface area contributed by atoms with Gasteiger partial charge in [0.1, 0.15) is 0 Å². The Morgan fingerprint density at radius 1 is 1.30 bits per heavy atom. The Kier molecular flexibility index (Phi) is 4.09. The lowest BCUT2D eigenvalue weighted by molar-refractivity contribution is 0.0518. The first-order valence-electron chi connectivity index (χ1n) is 5.99. The van der Waals surface area contributed by atoms with E-state index in [-0.39, 0.29) is 17.9 Å². The van der Waals surface area contributed by atoms with Gasteiger partial charge in [-0.15, -0.1) is 5.10 Å². The summed E-state index contributed by atoms with van der Waals surface area (Å²) in [6, 6.07) is 6.41. The van der Waals surface area contributed by atoms with Gasteiger partial charge in [0, 0.05) is 0 Å². The van der Waals surface area contributed by atoms with Crippen molar-refractivity contribution in [1.29, 1.82) is 0 Å². The van der Waals surface area contributed by atoms with Crippen molar-refractivity contribution in [3.8, 4) is 0 Å². The van der Waals surface area contributed by atoms with Crippen LogP contribution in [0, 0.1) is 0 Å². The van der Waals surface area contributed by atoms with E-state index in [1.54, 1.807) is 19.1 Å². The Bertz CT molecular complexity index is 619. The highest BCUT2D eigenvalue weighted by molar-refractivity contribution is 5.87. The Labute approximate surface area is 114 Å². The zero-order valence-corrected chi connectivity index (χ0v) is 10.8. The summed E-state index contributed by atoms with van der Waals surface area (Å²) in [5.74, 6) is -1.48. The molecule has 0 bridgehead atoms. The molecule has 7 nitrogen and oxygen atoms in total. The summed E-state index contributed by atoms with van der Waals surface area (Å²) in [4.78, 5) is 22.2. The van der Waals surface area contributed by atoms with Gasteiger partial charge in [0.05, 0.1) is 24.9 Å². The van der Waals surface area contributed by atoms with E-state index in [4.69, 9.17) is 9.84 Å². The molecule has 1 aromatic carbocycles. The lowest BCUT2D eigenvalue weighted by atomic mass is 10.1. The monoisotopic (exact) mass is 275 g/mol. The second kappa shape index (κ2) is 5.96. The molecule has 7 heteroatoms. The van der Waals surface area contributed by atoms with Crippen molar-refractivity contribution in [2.24, 2.45) is 0 Å². The van der Waals surface area contributed by atoms with Crippen LogP contribution in [0.3, 0.4) is 0 Å². The van der Waals surface area contributed by atoms with Crippen molar-refractivity contribution in [2.45, 2.75) is 13.5 Å². The molecule has 0 saturated carbocycles. The number of carboxylic acid groups (broad SMARTS) is 1. The molecule has 0 amide bonds. The van der Waals surface area contributed by atoms with Gasteiger partial charge in [0.15, 0.2) is 5.69 Å². The van der Waals surface area contributed by atoms with Crippen LogP contribution >= 0.6 is 0 Å². The van der Waals surface area contributed by atoms with Crippen LogP contribution in [0.1, 0.15) is 33.3 Å². The number of benzene rings is 1. The van der Waals surface area contributed by atoms with Crippen LogP contribution in [0.15, 0.2) is 30.5 Å². The van der Waals surface area contributed by atoms with E-state index in [1.807, 2.05) is 0 Å². The van der Waals surface area contributed by atoms with Crippen molar-refractivity contribution < 1.29 is 19.4 Å². The van der Waals surface area contributed by atoms with Gasteiger partial charge in [-0.2, -0.15) is 0 Å². The molecule has 0 fully saturated rings. The minimum atomic E-state index is -0.970. The van der Waals surface area contributed by atoms with Crippen molar-refractivity contribution >= 4 is 11.9 Å². The highest BCUT2D eigenvalue weighted by atomic mass is 16.5. The van der Waals surface area contributed by atoms with E-state index in [0.29, 0.717) is 6.54 Å². The number of rotatable bonds is 5. The normalized spacial score (nSPS) is 10.2. The lowest BCUT2D eigenvalue weighted by Crippen LogP contribution is -2.05. The third-order valence-electron chi connectivity index (χ3n) is 2.57. The Hall–Kier alpha value is -2.70. The molecule has 0 spiro atoms. The van der Waals surface area contributed by atoms with Crippen molar-refractivity contribution in [2.75, 3.05) is 6.61 Å². The van der Waals surface area contributed by atoms with Crippen LogP contribution in [0.5, 0.6) is 0 Å². The van der Waals surface area contributed by atoms with Gasteiger partial charge in [-0.1, -0.05) is 17.3 Å². The van der Waals surface area contributed by atoms with Gasteiger partial charge in [0.2, 0.25) is 0 Å². The quantitative estimate of drug-likeness (QED) is 0.824. The molecule has 2 aromatic rings. The average molecular weight is 275 g/mol. The van der Waals surface area contributed by atoms with Crippen molar-refractivity contribution in [3.05, 3.63) is 47.3 Å². The molecular weight excluding hydrogens is 262 g/mol. The van der Waals surface area contributed by atoms with Crippen LogP contribution in [-0.4, -0.2) is 38.6 Å². The first-order valence-corrected chi connectivity index (χ1v) is 5.99. The maximum Gasteiger partial charge on any atom is 0.360 e. The fourth-order valence-electron chi connectivity index (χ4n) is 1.61. The number of ether oxygens (including phenoxy) is 1. The molecule has 0 atom stereocenters. The molecule has 0 aliphatic carbocycles. The van der Waals surface area contributed by atoms with Crippen LogP contribution in [0.25, 0.3) is 0 Å². The molecule has 2 rings (SSSR count). The molecule has 0 saturated heterocycles. The molecule has 1 heterocycles.